The number of hydrogen-bond acceptors (Lipinski definition) is 3. The molecule has 0 fully saturated rings. The Morgan fingerprint density at radius 3 is 3.22 bits per heavy atom. The van der Waals surface area contributed by atoms with E-state index in [1.54, 1.807) is 0 Å². The maximum absolute atomic E-state index is 11.6. The third kappa shape index (κ3) is 1.74. The fourth-order valence-electron chi connectivity index (χ4n) is 2.51. The van der Waals surface area contributed by atoms with Crippen LogP contribution in [-0.4, -0.2) is 24.2 Å². The molecule has 0 aliphatic carbocycles. The van der Waals surface area contributed by atoms with E-state index in [1.807, 2.05) is 25.3 Å². The SMILES string of the molecule is CCOC(=O)Cc1c[nH]c2ccc3c(c12)CCO3. The van der Waals surface area contributed by atoms with Crippen LogP contribution in [0.25, 0.3) is 10.9 Å². The first-order valence-electron chi connectivity index (χ1n) is 6.20. The summed E-state index contributed by atoms with van der Waals surface area (Å²) in [6.07, 6.45) is 3.10. The molecule has 4 nitrogen and oxygen atoms in total. The molecule has 0 amide bonds. The lowest BCUT2D eigenvalue weighted by atomic mass is 10.0. The van der Waals surface area contributed by atoms with Crippen molar-refractivity contribution < 1.29 is 14.3 Å². The minimum Gasteiger partial charge on any atom is -0.493 e. The van der Waals surface area contributed by atoms with Crippen LogP contribution in [0.2, 0.25) is 0 Å². The quantitative estimate of drug-likeness (QED) is 0.843. The Morgan fingerprint density at radius 2 is 2.39 bits per heavy atom. The third-order valence-corrected chi connectivity index (χ3v) is 3.24. The first kappa shape index (κ1) is 11.1. The van der Waals surface area contributed by atoms with Gasteiger partial charge in [0.1, 0.15) is 5.75 Å². The van der Waals surface area contributed by atoms with Gasteiger partial charge in [0, 0.05) is 29.1 Å². The minimum atomic E-state index is -0.185. The van der Waals surface area contributed by atoms with E-state index in [4.69, 9.17) is 9.47 Å². The molecule has 3 rings (SSSR count). The van der Waals surface area contributed by atoms with Gasteiger partial charge in [0.2, 0.25) is 0 Å². The molecule has 0 saturated carbocycles. The Hall–Kier alpha value is -1.97. The Balaban J connectivity index is 2.02. The molecule has 4 heteroatoms. The number of carbonyl (C=O) groups excluding carboxylic acids is 1. The number of hydrogen-bond donors (Lipinski definition) is 1. The van der Waals surface area contributed by atoms with Gasteiger partial charge in [0.15, 0.2) is 0 Å². The van der Waals surface area contributed by atoms with Gasteiger partial charge in [-0.05, 0) is 24.6 Å². The van der Waals surface area contributed by atoms with E-state index in [9.17, 15) is 4.79 Å². The molecule has 0 atom stereocenters. The van der Waals surface area contributed by atoms with Gasteiger partial charge >= 0.3 is 5.97 Å². The standard InChI is InChI=1S/C14H15NO3/c1-2-17-13(16)7-9-8-15-11-3-4-12-10(14(9)11)5-6-18-12/h3-4,8,15H,2,5-7H2,1H3. The number of ether oxygens (including phenoxy) is 2. The molecule has 1 aliphatic heterocycles. The number of H-pyrrole nitrogens is 1. The number of carbonyl (C=O) groups is 1. The van der Waals surface area contributed by atoms with Crippen molar-refractivity contribution in [3.63, 3.8) is 0 Å². The normalized spacial score (nSPS) is 13.4. The van der Waals surface area contributed by atoms with Gasteiger partial charge < -0.3 is 14.5 Å². The maximum Gasteiger partial charge on any atom is 0.310 e. The Labute approximate surface area is 105 Å². The molecule has 18 heavy (non-hydrogen) atoms. The van der Waals surface area contributed by atoms with Crippen molar-refractivity contribution in [2.24, 2.45) is 0 Å². The van der Waals surface area contributed by atoms with Crippen LogP contribution in [-0.2, 0) is 22.4 Å². The van der Waals surface area contributed by atoms with Crippen molar-refractivity contribution in [2.45, 2.75) is 19.8 Å². The van der Waals surface area contributed by atoms with E-state index in [0.29, 0.717) is 13.0 Å². The van der Waals surface area contributed by atoms with Crippen LogP contribution in [0.1, 0.15) is 18.1 Å². The van der Waals surface area contributed by atoms with E-state index in [-0.39, 0.29) is 5.97 Å². The zero-order chi connectivity index (χ0) is 12.5. The Kier molecular flexibility index (Phi) is 2.70. The Morgan fingerprint density at radius 1 is 1.50 bits per heavy atom. The molecule has 2 heterocycles. The van der Waals surface area contributed by atoms with Gasteiger partial charge in [-0.2, -0.15) is 0 Å². The molecule has 1 aliphatic rings. The molecule has 0 saturated heterocycles. The molecular weight excluding hydrogens is 230 g/mol. The first-order chi connectivity index (χ1) is 8.79. The maximum atomic E-state index is 11.6. The average Bonchev–Trinajstić information content (AvgIpc) is 2.94. The topological polar surface area (TPSA) is 51.3 Å². The van der Waals surface area contributed by atoms with Gasteiger partial charge in [0.05, 0.1) is 19.6 Å². The third-order valence-electron chi connectivity index (χ3n) is 3.24. The lowest BCUT2D eigenvalue weighted by molar-refractivity contribution is -0.142. The number of fused-ring (bicyclic) bond motifs is 3. The van der Waals surface area contributed by atoms with E-state index in [1.165, 1.54) is 5.56 Å². The molecular formula is C14H15NO3. The van der Waals surface area contributed by atoms with Crippen LogP contribution in [0.4, 0.5) is 0 Å². The largest absolute Gasteiger partial charge is 0.493 e. The van der Waals surface area contributed by atoms with Gasteiger partial charge in [-0.1, -0.05) is 0 Å². The molecule has 0 radical (unpaired) electrons. The molecule has 1 aromatic heterocycles. The van der Waals surface area contributed by atoms with E-state index in [2.05, 4.69) is 4.98 Å². The smallest absolute Gasteiger partial charge is 0.310 e. The van der Waals surface area contributed by atoms with Crippen LogP contribution in [0.15, 0.2) is 18.3 Å². The average molecular weight is 245 g/mol. The molecule has 94 valence electrons. The van der Waals surface area contributed by atoms with Crippen molar-refractivity contribution in [2.75, 3.05) is 13.2 Å². The van der Waals surface area contributed by atoms with Crippen molar-refractivity contribution in [1.82, 2.24) is 4.98 Å². The van der Waals surface area contributed by atoms with Crippen molar-refractivity contribution in [3.8, 4) is 5.75 Å². The van der Waals surface area contributed by atoms with Crippen molar-refractivity contribution >= 4 is 16.9 Å². The van der Waals surface area contributed by atoms with Crippen LogP contribution in [0.3, 0.4) is 0 Å². The summed E-state index contributed by atoms with van der Waals surface area (Å²) in [5.74, 6) is 0.752. The van der Waals surface area contributed by atoms with E-state index < -0.39 is 0 Å². The summed E-state index contributed by atoms with van der Waals surface area (Å²) in [6, 6.07) is 3.98. The van der Waals surface area contributed by atoms with Gasteiger partial charge in [-0.15, -0.1) is 0 Å². The zero-order valence-electron chi connectivity index (χ0n) is 10.3. The lowest BCUT2D eigenvalue weighted by Crippen LogP contribution is -2.07. The highest BCUT2D eigenvalue weighted by atomic mass is 16.5. The summed E-state index contributed by atoms with van der Waals surface area (Å²) < 4.78 is 10.6. The minimum absolute atomic E-state index is 0.185. The summed E-state index contributed by atoms with van der Waals surface area (Å²) in [7, 11) is 0. The highest BCUT2D eigenvalue weighted by Crippen LogP contribution is 2.34. The second-order valence-corrected chi connectivity index (χ2v) is 4.36. The predicted molar refractivity (Wildman–Crippen MR) is 67.8 cm³/mol. The lowest BCUT2D eigenvalue weighted by Gasteiger charge is -2.04. The van der Waals surface area contributed by atoms with Gasteiger partial charge in [-0.25, -0.2) is 0 Å². The van der Waals surface area contributed by atoms with Crippen LogP contribution >= 0.6 is 0 Å². The summed E-state index contributed by atoms with van der Waals surface area (Å²) in [6.45, 7) is 2.96. The number of benzene rings is 1. The fourth-order valence-corrected chi connectivity index (χ4v) is 2.51. The van der Waals surface area contributed by atoms with Crippen LogP contribution in [0.5, 0.6) is 5.75 Å². The number of nitrogens with one attached hydrogen (secondary N) is 1. The zero-order valence-corrected chi connectivity index (χ0v) is 10.3. The summed E-state index contributed by atoms with van der Waals surface area (Å²) in [4.78, 5) is 14.8. The summed E-state index contributed by atoms with van der Waals surface area (Å²) >= 11 is 0. The first-order valence-corrected chi connectivity index (χ1v) is 6.20. The second-order valence-electron chi connectivity index (χ2n) is 4.36. The van der Waals surface area contributed by atoms with Gasteiger partial charge in [0.25, 0.3) is 0 Å². The van der Waals surface area contributed by atoms with E-state index >= 15 is 0 Å². The molecule has 2 aromatic rings. The molecule has 1 aromatic carbocycles. The number of rotatable bonds is 3. The van der Waals surface area contributed by atoms with E-state index in [0.717, 1.165) is 35.2 Å². The molecule has 0 spiro atoms. The number of esters is 1. The second kappa shape index (κ2) is 4.37. The fraction of sp³-hybridized carbons (Fsp3) is 0.357. The molecule has 0 bridgehead atoms. The van der Waals surface area contributed by atoms with Crippen molar-refractivity contribution in [3.05, 3.63) is 29.5 Å². The number of aromatic nitrogens is 1. The highest BCUT2D eigenvalue weighted by Gasteiger charge is 2.19. The number of aromatic amines is 1. The predicted octanol–water partition coefficient (Wildman–Crippen LogP) is 2.21. The summed E-state index contributed by atoms with van der Waals surface area (Å²) in [5, 5.41) is 1.12. The molecule has 0 unspecified atom stereocenters. The van der Waals surface area contributed by atoms with Gasteiger partial charge in [-0.3, -0.25) is 4.79 Å². The van der Waals surface area contributed by atoms with Crippen LogP contribution in [0, 0.1) is 0 Å². The Bertz CT molecular complexity index is 600. The summed E-state index contributed by atoms with van der Waals surface area (Å²) in [5.41, 5.74) is 3.25. The molecule has 1 N–H and O–H groups in total. The van der Waals surface area contributed by atoms with Crippen molar-refractivity contribution in [1.29, 1.82) is 0 Å². The highest BCUT2D eigenvalue weighted by molar-refractivity contribution is 5.92. The monoisotopic (exact) mass is 245 g/mol. The van der Waals surface area contributed by atoms with Crippen LogP contribution < -0.4 is 4.74 Å².